The molecular weight excluding hydrogens is 216 g/mol. The molecule has 0 aromatic heterocycles. The van der Waals surface area contributed by atoms with E-state index in [4.69, 9.17) is 0 Å². The molecule has 0 spiro atoms. The summed E-state index contributed by atoms with van der Waals surface area (Å²) in [6.07, 6.45) is 3.99. The molecule has 18 heavy (non-hydrogen) atoms. The quantitative estimate of drug-likeness (QED) is 0.637. The largest absolute Gasteiger partial charge is 0.0683 e. The molecule has 0 unspecified atom stereocenters. The van der Waals surface area contributed by atoms with Crippen molar-refractivity contribution in [2.75, 3.05) is 0 Å². The van der Waals surface area contributed by atoms with Gasteiger partial charge in [0, 0.05) is 5.41 Å². The average Bonchev–Trinajstić information content (AvgIpc) is 2.39. The Kier molecular flexibility index (Phi) is 5.44. The van der Waals surface area contributed by atoms with Gasteiger partial charge in [0.1, 0.15) is 0 Å². The van der Waals surface area contributed by atoms with Crippen LogP contribution in [-0.4, -0.2) is 0 Å². The molecule has 0 radical (unpaired) electrons. The van der Waals surface area contributed by atoms with Gasteiger partial charge in [0.25, 0.3) is 0 Å². The van der Waals surface area contributed by atoms with Crippen LogP contribution >= 0.6 is 0 Å². The van der Waals surface area contributed by atoms with E-state index >= 15 is 0 Å². The van der Waals surface area contributed by atoms with Crippen molar-refractivity contribution < 1.29 is 0 Å². The van der Waals surface area contributed by atoms with Gasteiger partial charge in [0.05, 0.1) is 0 Å². The molecule has 0 saturated heterocycles. The number of aryl methyl sites for hydroxylation is 1. The number of hydrogen-bond donors (Lipinski definition) is 0. The Balaban J connectivity index is 0.000000771. The summed E-state index contributed by atoms with van der Waals surface area (Å²) in [6, 6.07) is 9.10. The standard InChI is InChI=1S/C16H24.C2H6/c1-12(2)16(13(3)4)11-7-9-14-8-5-6-10-15(14)16;1-2/h5-6,8,10,12-13H,7,9,11H2,1-4H3;1-2H3. The molecular formula is C18H30. The average molecular weight is 246 g/mol. The van der Waals surface area contributed by atoms with Crippen molar-refractivity contribution in [1.29, 1.82) is 0 Å². The monoisotopic (exact) mass is 246 g/mol. The number of hydrogen-bond acceptors (Lipinski definition) is 0. The van der Waals surface area contributed by atoms with Gasteiger partial charge in [-0.15, -0.1) is 0 Å². The highest BCUT2D eigenvalue weighted by atomic mass is 14.4. The van der Waals surface area contributed by atoms with Gasteiger partial charge in [-0.1, -0.05) is 65.8 Å². The smallest absolute Gasteiger partial charge is 0.000179 e. The normalized spacial score (nSPS) is 17.1. The number of rotatable bonds is 2. The summed E-state index contributed by atoms with van der Waals surface area (Å²) in [5.74, 6) is 1.46. The van der Waals surface area contributed by atoms with Gasteiger partial charge in [-0.3, -0.25) is 0 Å². The van der Waals surface area contributed by atoms with Crippen molar-refractivity contribution in [1.82, 2.24) is 0 Å². The van der Waals surface area contributed by atoms with Crippen LogP contribution in [0.1, 0.15) is 65.5 Å². The van der Waals surface area contributed by atoms with Crippen LogP contribution in [0, 0.1) is 11.8 Å². The maximum absolute atomic E-state index is 2.39. The maximum Gasteiger partial charge on any atom is 0.000179 e. The molecule has 0 N–H and O–H groups in total. The van der Waals surface area contributed by atoms with Crippen molar-refractivity contribution in [2.24, 2.45) is 11.8 Å². The van der Waals surface area contributed by atoms with E-state index in [2.05, 4.69) is 52.0 Å². The third-order valence-corrected chi connectivity index (χ3v) is 4.62. The van der Waals surface area contributed by atoms with Gasteiger partial charge in [0.2, 0.25) is 0 Å². The molecule has 1 aromatic rings. The Morgan fingerprint density at radius 2 is 1.50 bits per heavy atom. The fourth-order valence-corrected chi connectivity index (χ4v) is 3.76. The molecule has 102 valence electrons. The first-order valence-electron chi connectivity index (χ1n) is 7.67. The minimum atomic E-state index is 0.412. The summed E-state index contributed by atoms with van der Waals surface area (Å²) in [6.45, 7) is 13.6. The Hall–Kier alpha value is -0.780. The predicted molar refractivity (Wildman–Crippen MR) is 82.1 cm³/mol. The van der Waals surface area contributed by atoms with Crippen molar-refractivity contribution in [3.05, 3.63) is 35.4 Å². The van der Waals surface area contributed by atoms with Crippen LogP contribution < -0.4 is 0 Å². The lowest BCUT2D eigenvalue weighted by molar-refractivity contribution is 0.186. The lowest BCUT2D eigenvalue weighted by Crippen LogP contribution is -2.41. The zero-order valence-corrected chi connectivity index (χ0v) is 13.1. The van der Waals surface area contributed by atoms with E-state index in [-0.39, 0.29) is 0 Å². The highest BCUT2D eigenvalue weighted by molar-refractivity contribution is 5.37. The number of benzene rings is 1. The van der Waals surface area contributed by atoms with Crippen molar-refractivity contribution >= 4 is 0 Å². The fourth-order valence-electron chi connectivity index (χ4n) is 3.76. The minimum absolute atomic E-state index is 0.412. The zero-order chi connectivity index (χ0) is 13.8. The van der Waals surface area contributed by atoms with Crippen LogP contribution in [-0.2, 0) is 11.8 Å². The molecule has 2 rings (SSSR count). The minimum Gasteiger partial charge on any atom is -0.0683 e. The fraction of sp³-hybridized carbons (Fsp3) is 0.667. The predicted octanol–water partition coefficient (Wildman–Crippen LogP) is 5.60. The molecule has 0 aliphatic heterocycles. The maximum atomic E-state index is 2.39. The van der Waals surface area contributed by atoms with Gasteiger partial charge >= 0.3 is 0 Å². The van der Waals surface area contributed by atoms with E-state index in [1.54, 1.807) is 11.1 Å². The SMILES string of the molecule is CC.CC(C)C1(C(C)C)CCCc2ccccc21. The lowest BCUT2D eigenvalue weighted by atomic mass is 9.58. The topological polar surface area (TPSA) is 0 Å². The van der Waals surface area contributed by atoms with E-state index in [1.807, 2.05) is 13.8 Å². The van der Waals surface area contributed by atoms with Gasteiger partial charge < -0.3 is 0 Å². The van der Waals surface area contributed by atoms with Crippen LogP contribution in [0.25, 0.3) is 0 Å². The Morgan fingerprint density at radius 3 is 2.06 bits per heavy atom. The summed E-state index contributed by atoms with van der Waals surface area (Å²) in [5.41, 5.74) is 3.64. The molecule has 1 aliphatic carbocycles. The van der Waals surface area contributed by atoms with Crippen LogP contribution in [0.3, 0.4) is 0 Å². The highest BCUT2D eigenvalue weighted by Gasteiger charge is 2.41. The van der Waals surface area contributed by atoms with E-state index in [0.717, 1.165) is 11.8 Å². The third kappa shape index (κ3) is 2.48. The Labute approximate surface area is 114 Å². The molecule has 1 aromatic carbocycles. The molecule has 1 aliphatic rings. The number of fused-ring (bicyclic) bond motifs is 1. The van der Waals surface area contributed by atoms with Crippen LogP contribution in [0.15, 0.2) is 24.3 Å². The third-order valence-electron chi connectivity index (χ3n) is 4.62. The molecule has 0 saturated carbocycles. The summed E-state index contributed by atoms with van der Waals surface area (Å²) < 4.78 is 0. The molecule has 0 amide bonds. The van der Waals surface area contributed by atoms with E-state index in [1.165, 1.54) is 19.3 Å². The van der Waals surface area contributed by atoms with Crippen molar-refractivity contribution in [3.63, 3.8) is 0 Å². The molecule has 0 atom stereocenters. The van der Waals surface area contributed by atoms with Crippen LogP contribution in [0.5, 0.6) is 0 Å². The van der Waals surface area contributed by atoms with E-state index < -0.39 is 0 Å². The van der Waals surface area contributed by atoms with Crippen molar-refractivity contribution in [3.8, 4) is 0 Å². The van der Waals surface area contributed by atoms with Gasteiger partial charge in [-0.2, -0.15) is 0 Å². The van der Waals surface area contributed by atoms with Gasteiger partial charge in [0.15, 0.2) is 0 Å². The summed E-state index contributed by atoms with van der Waals surface area (Å²) >= 11 is 0. The van der Waals surface area contributed by atoms with E-state index in [0.29, 0.717) is 5.41 Å². The Morgan fingerprint density at radius 1 is 0.944 bits per heavy atom. The summed E-state index contributed by atoms with van der Waals surface area (Å²) in [5, 5.41) is 0. The first kappa shape index (κ1) is 15.3. The molecule has 0 fully saturated rings. The molecule has 0 nitrogen and oxygen atoms in total. The van der Waals surface area contributed by atoms with Crippen LogP contribution in [0.4, 0.5) is 0 Å². The molecule has 0 bridgehead atoms. The first-order chi connectivity index (χ1) is 8.59. The van der Waals surface area contributed by atoms with Gasteiger partial charge in [-0.25, -0.2) is 0 Å². The van der Waals surface area contributed by atoms with Gasteiger partial charge in [-0.05, 0) is 42.2 Å². The first-order valence-corrected chi connectivity index (χ1v) is 7.67. The summed E-state index contributed by atoms with van der Waals surface area (Å²) in [7, 11) is 0. The lowest BCUT2D eigenvalue weighted by Gasteiger charge is -2.46. The summed E-state index contributed by atoms with van der Waals surface area (Å²) in [4.78, 5) is 0. The van der Waals surface area contributed by atoms with Crippen molar-refractivity contribution in [2.45, 2.75) is 66.2 Å². The second kappa shape index (κ2) is 6.41. The van der Waals surface area contributed by atoms with E-state index in [9.17, 15) is 0 Å². The second-order valence-electron chi connectivity index (χ2n) is 5.86. The molecule has 0 heteroatoms. The zero-order valence-electron chi connectivity index (χ0n) is 13.1. The Bertz CT molecular complexity index is 352. The van der Waals surface area contributed by atoms with Crippen LogP contribution in [0.2, 0.25) is 0 Å². The molecule has 0 heterocycles. The second-order valence-corrected chi connectivity index (χ2v) is 5.86. The highest BCUT2D eigenvalue weighted by Crippen LogP contribution is 2.47.